The summed E-state index contributed by atoms with van der Waals surface area (Å²) in [6, 6.07) is 49.9. The molecule has 0 atom stereocenters. The average Bonchev–Trinajstić information content (AvgIpc) is 3.51. The van der Waals surface area contributed by atoms with E-state index in [1.807, 2.05) is 12.1 Å². The summed E-state index contributed by atoms with van der Waals surface area (Å²) in [6.07, 6.45) is 0. The third-order valence-corrected chi connectivity index (χ3v) is 8.66. The zero-order valence-corrected chi connectivity index (χ0v) is 23.1. The number of nitrogens with zero attached hydrogens (tertiary/aromatic N) is 1. The van der Waals surface area contributed by atoms with Crippen molar-refractivity contribution in [1.29, 1.82) is 0 Å². The molecule has 0 amide bonds. The number of hydrogen-bond acceptors (Lipinski definition) is 2. The van der Waals surface area contributed by atoms with Gasteiger partial charge in [0, 0.05) is 38.8 Å². The highest BCUT2D eigenvalue weighted by molar-refractivity contribution is 6.09. The predicted octanol–water partition coefficient (Wildman–Crippen LogP) is 11.0. The van der Waals surface area contributed by atoms with E-state index in [0.717, 1.165) is 44.6 Å². The first-order valence-electron chi connectivity index (χ1n) is 14.2. The smallest absolute Gasteiger partial charge is 0.143 e. The SMILES string of the molecule is CC1(C)c2cc(-c3cccc4c3oc3ccccc34)ccc2-c2ccc(N(c3ccccc3)c3ccccc3)cc21. The van der Waals surface area contributed by atoms with Crippen LogP contribution in [0, 0.1) is 0 Å². The van der Waals surface area contributed by atoms with Crippen molar-refractivity contribution in [3.05, 3.63) is 151 Å². The molecule has 8 rings (SSSR count). The Morgan fingerprint density at radius 2 is 1.10 bits per heavy atom. The van der Waals surface area contributed by atoms with Crippen molar-refractivity contribution in [2.24, 2.45) is 0 Å². The van der Waals surface area contributed by atoms with Crippen LogP contribution in [0.25, 0.3) is 44.2 Å². The minimum Gasteiger partial charge on any atom is -0.455 e. The van der Waals surface area contributed by atoms with Crippen molar-refractivity contribution in [3.63, 3.8) is 0 Å². The van der Waals surface area contributed by atoms with Gasteiger partial charge in [-0.1, -0.05) is 105 Å². The molecular formula is C39H29NO. The highest BCUT2D eigenvalue weighted by atomic mass is 16.3. The zero-order chi connectivity index (χ0) is 27.6. The number of anilines is 3. The van der Waals surface area contributed by atoms with Gasteiger partial charge in [-0.05, 0) is 76.3 Å². The van der Waals surface area contributed by atoms with Crippen LogP contribution in [0.5, 0.6) is 0 Å². The van der Waals surface area contributed by atoms with E-state index in [1.165, 1.54) is 27.8 Å². The lowest BCUT2D eigenvalue weighted by Gasteiger charge is -2.28. The predicted molar refractivity (Wildman–Crippen MR) is 171 cm³/mol. The maximum absolute atomic E-state index is 6.39. The van der Waals surface area contributed by atoms with Crippen LogP contribution in [-0.4, -0.2) is 0 Å². The summed E-state index contributed by atoms with van der Waals surface area (Å²) < 4.78 is 6.39. The molecule has 0 unspecified atom stereocenters. The molecule has 0 bridgehead atoms. The second kappa shape index (κ2) is 8.97. The molecular weight excluding hydrogens is 498 g/mol. The molecule has 1 aliphatic carbocycles. The number of fused-ring (bicyclic) bond motifs is 6. The van der Waals surface area contributed by atoms with Gasteiger partial charge in [0.2, 0.25) is 0 Å². The van der Waals surface area contributed by atoms with Crippen LogP contribution in [0.15, 0.2) is 144 Å². The van der Waals surface area contributed by atoms with E-state index in [0.29, 0.717) is 0 Å². The van der Waals surface area contributed by atoms with Gasteiger partial charge in [0.05, 0.1) is 0 Å². The highest BCUT2D eigenvalue weighted by Gasteiger charge is 2.36. The number of furan rings is 1. The Labute approximate surface area is 240 Å². The molecule has 6 aromatic carbocycles. The van der Waals surface area contributed by atoms with Crippen LogP contribution in [0.3, 0.4) is 0 Å². The molecule has 0 saturated heterocycles. The molecule has 0 aliphatic heterocycles. The first-order chi connectivity index (χ1) is 20.1. The summed E-state index contributed by atoms with van der Waals surface area (Å²) in [7, 11) is 0. The molecule has 1 aromatic heterocycles. The van der Waals surface area contributed by atoms with Crippen LogP contribution < -0.4 is 4.90 Å². The summed E-state index contributed by atoms with van der Waals surface area (Å²) in [5.41, 5.74) is 12.8. The highest BCUT2D eigenvalue weighted by Crippen LogP contribution is 2.52. The van der Waals surface area contributed by atoms with Crippen molar-refractivity contribution < 1.29 is 4.42 Å². The Morgan fingerprint density at radius 1 is 0.488 bits per heavy atom. The van der Waals surface area contributed by atoms with Crippen LogP contribution in [-0.2, 0) is 5.41 Å². The van der Waals surface area contributed by atoms with Crippen molar-refractivity contribution in [1.82, 2.24) is 0 Å². The van der Waals surface area contributed by atoms with Gasteiger partial charge < -0.3 is 9.32 Å². The molecule has 0 N–H and O–H groups in total. The van der Waals surface area contributed by atoms with Crippen molar-refractivity contribution >= 4 is 39.0 Å². The first kappa shape index (κ1) is 23.8. The lowest BCUT2D eigenvalue weighted by Crippen LogP contribution is -2.16. The molecule has 1 aliphatic rings. The van der Waals surface area contributed by atoms with E-state index in [1.54, 1.807) is 0 Å². The molecule has 0 radical (unpaired) electrons. The minimum absolute atomic E-state index is 0.155. The molecule has 0 spiro atoms. The summed E-state index contributed by atoms with van der Waals surface area (Å²) in [5, 5.41) is 2.32. The van der Waals surface area contributed by atoms with Crippen LogP contribution in [0.2, 0.25) is 0 Å². The van der Waals surface area contributed by atoms with E-state index in [4.69, 9.17) is 4.42 Å². The van der Waals surface area contributed by atoms with Crippen molar-refractivity contribution in [2.45, 2.75) is 19.3 Å². The third kappa shape index (κ3) is 3.64. The Balaban J connectivity index is 1.26. The lowest BCUT2D eigenvalue weighted by atomic mass is 9.81. The average molecular weight is 528 g/mol. The maximum Gasteiger partial charge on any atom is 0.143 e. The van der Waals surface area contributed by atoms with Crippen molar-refractivity contribution in [3.8, 4) is 22.3 Å². The first-order valence-corrected chi connectivity index (χ1v) is 14.2. The molecule has 41 heavy (non-hydrogen) atoms. The van der Waals surface area contributed by atoms with Gasteiger partial charge in [0.1, 0.15) is 11.2 Å². The topological polar surface area (TPSA) is 16.4 Å². The van der Waals surface area contributed by atoms with Gasteiger partial charge in [-0.2, -0.15) is 0 Å². The monoisotopic (exact) mass is 527 g/mol. The summed E-state index contributed by atoms with van der Waals surface area (Å²) in [4.78, 5) is 2.34. The van der Waals surface area contributed by atoms with E-state index in [2.05, 4.69) is 146 Å². The van der Waals surface area contributed by atoms with Crippen LogP contribution in [0.1, 0.15) is 25.0 Å². The summed E-state index contributed by atoms with van der Waals surface area (Å²) in [5.74, 6) is 0. The van der Waals surface area contributed by atoms with Gasteiger partial charge in [-0.15, -0.1) is 0 Å². The third-order valence-electron chi connectivity index (χ3n) is 8.66. The van der Waals surface area contributed by atoms with E-state index < -0.39 is 0 Å². The molecule has 0 fully saturated rings. The summed E-state index contributed by atoms with van der Waals surface area (Å²) >= 11 is 0. The fraction of sp³-hybridized carbons (Fsp3) is 0.0769. The molecule has 1 heterocycles. The van der Waals surface area contributed by atoms with Crippen LogP contribution >= 0.6 is 0 Å². The molecule has 2 nitrogen and oxygen atoms in total. The van der Waals surface area contributed by atoms with Gasteiger partial charge >= 0.3 is 0 Å². The van der Waals surface area contributed by atoms with Crippen molar-refractivity contribution in [2.75, 3.05) is 4.90 Å². The van der Waals surface area contributed by atoms with Gasteiger partial charge in [0.25, 0.3) is 0 Å². The van der Waals surface area contributed by atoms with Gasteiger partial charge in [0.15, 0.2) is 0 Å². The maximum atomic E-state index is 6.39. The second-order valence-corrected chi connectivity index (χ2v) is 11.4. The lowest BCUT2D eigenvalue weighted by molar-refractivity contribution is 0.660. The Morgan fingerprint density at radius 3 is 1.83 bits per heavy atom. The second-order valence-electron chi connectivity index (χ2n) is 11.4. The van der Waals surface area contributed by atoms with E-state index in [-0.39, 0.29) is 5.41 Å². The minimum atomic E-state index is -0.155. The Kier molecular flexibility index (Phi) is 5.20. The van der Waals surface area contributed by atoms with E-state index >= 15 is 0 Å². The zero-order valence-electron chi connectivity index (χ0n) is 23.1. The molecule has 0 saturated carbocycles. The molecule has 7 aromatic rings. The van der Waals surface area contributed by atoms with Gasteiger partial charge in [-0.3, -0.25) is 0 Å². The Hall–Kier alpha value is -5.08. The fourth-order valence-electron chi connectivity index (χ4n) is 6.61. The normalized spacial score (nSPS) is 13.3. The quantitative estimate of drug-likeness (QED) is 0.226. The number of benzene rings is 6. The van der Waals surface area contributed by atoms with E-state index in [9.17, 15) is 0 Å². The number of para-hydroxylation sites is 4. The summed E-state index contributed by atoms with van der Waals surface area (Å²) in [6.45, 7) is 4.70. The Bertz CT molecular complexity index is 2030. The number of rotatable bonds is 4. The molecule has 196 valence electrons. The van der Waals surface area contributed by atoms with Gasteiger partial charge in [-0.25, -0.2) is 0 Å². The number of hydrogen-bond donors (Lipinski definition) is 0. The fourth-order valence-corrected chi connectivity index (χ4v) is 6.61. The molecule has 2 heteroatoms. The van der Waals surface area contributed by atoms with Crippen LogP contribution in [0.4, 0.5) is 17.1 Å². The largest absolute Gasteiger partial charge is 0.455 e. The standard InChI is InChI=1S/C39H29NO/c1-39(2)35-24-26(30-17-11-18-34-33-16-9-10-19-37(33)41-38(30)34)20-22-31(35)32-23-21-29(25-36(32)39)40(27-12-5-3-6-13-27)28-14-7-4-8-15-28/h3-25H,1-2H3.